The first kappa shape index (κ1) is 23.0. The molecule has 3 amide bonds. The van der Waals surface area contributed by atoms with Crippen molar-refractivity contribution in [2.45, 2.75) is 31.8 Å². The Bertz CT molecular complexity index is 1300. The lowest BCUT2D eigenvalue weighted by molar-refractivity contribution is 0.102. The van der Waals surface area contributed by atoms with Crippen molar-refractivity contribution in [2.75, 3.05) is 30.8 Å². The number of likely N-dealkylation sites (tertiary alicyclic amines) is 1. The summed E-state index contributed by atoms with van der Waals surface area (Å²) in [5, 5.41) is 15.5. The van der Waals surface area contributed by atoms with Crippen LogP contribution in [0.15, 0.2) is 48.5 Å². The van der Waals surface area contributed by atoms with Crippen LogP contribution in [0.2, 0.25) is 0 Å². The van der Waals surface area contributed by atoms with Crippen LogP contribution in [0, 0.1) is 11.3 Å². The molecule has 0 spiro atoms. The Balaban J connectivity index is 1.28. The van der Waals surface area contributed by atoms with E-state index in [9.17, 15) is 9.59 Å². The van der Waals surface area contributed by atoms with Gasteiger partial charge in [-0.2, -0.15) is 5.26 Å². The Hall–Kier alpha value is -3.74. The van der Waals surface area contributed by atoms with Crippen molar-refractivity contribution in [3.8, 4) is 6.07 Å². The number of anilines is 2. The average molecular weight is 487 g/mol. The van der Waals surface area contributed by atoms with E-state index in [1.54, 1.807) is 35.2 Å². The number of likely N-dealkylation sites (N-methyl/N-ethyl adjacent to an activating group) is 1. The molecule has 0 aliphatic carbocycles. The number of benzene rings is 2. The molecule has 2 N–H and O–H groups in total. The molecular weight excluding hydrogens is 460 g/mol. The van der Waals surface area contributed by atoms with Gasteiger partial charge in [0.2, 0.25) is 0 Å². The first-order valence-corrected chi connectivity index (χ1v) is 12.5. The monoisotopic (exact) mass is 486 g/mol. The number of nitrogens with one attached hydrogen (secondary N) is 2. The summed E-state index contributed by atoms with van der Waals surface area (Å²) in [5.74, 6) is -0.196. The number of carbonyl (C=O) groups is 2. The molecule has 3 aromatic rings. The minimum Gasteiger partial charge on any atom is -0.317 e. The fourth-order valence-corrected chi connectivity index (χ4v) is 5.70. The minimum atomic E-state index is -0.196. The van der Waals surface area contributed by atoms with E-state index in [1.165, 1.54) is 16.2 Å². The van der Waals surface area contributed by atoms with Crippen LogP contribution in [0.4, 0.5) is 15.6 Å². The van der Waals surface area contributed by atoms with Gasteiger partial charge in [-0.3, -0.25) is 10.1 Å². The van der Waals surface area contributed by atoms with Gasteiger partial charge in [-0.15, -0.1) is 11.3 Å². The quantitative estimate of drug-likeness (QED) is 0.560. The molecule has 0 bridgehead atoms. The number of carbonyl (C=O) groups excluding carboxylic acids is 2. The lowest BCUT2D eigenvalue weighted by atomic mass is 10.0. The molecule has 1 fully saturated rings. The van der Waals surface area contributed by atoms with E-state index >= 15 is 0 Å². The van der Waals surface area contributed by atoms with Gasteiger partial charge in [-0.1, -0.05) is 12.1 Å². The molecule has 2 aliphatic rings. The van der Waals surface area contributed by atoms with Gasteiger partial charge in [0.1, 0.15) is 0 Å². The summed E-state index contributed by atoms with van der Waals surface area (Å²) in [5.41, 5.74) is 3.75. The molecule has 1 saturated heterocycles. The third-order valence-electron chi connectivity index (χ3n) is 6.46. The number of hydrogen-bond donors (Lipinski definition) is 2. The highest BCUT2D eigenvalue weighted by molar-refractivity contribution is 7.15. The van der Waals surface area contributed by atoms with Crippen LogP contribution in [0.3, 0.4) is 0 Å². The highest BCUT2D eigenvalue weighted by Crippen LogP contribution is 2.33. The number of nitrogens with zero attached hydrogens (tertiary/aromatic N) is 4. The fourth-order valence-electron chi connectivity index (χ4n) is 4.61. The molecule has 0 saturated carbocycles. The normalized spacial score (nSPS) is 17.5. The molecule has 1 aromatic heterocycles. The summed E-state index contributed by atoms with van der Waals surface area (Å²) in [6, 6.07) is 16.1. The van der Waals surface area contributed by atoms with Crippen LogP contribution in [0.25, 0.3) is 0 Å². The lowest BCUT2D eigenvalue weighted by Gasteiger charge is -2.25. The summed E-state index contributed by atoms with van der Waals surface area (Å²) in [6.45, 7) is 2.48. The van der Waals surface area contributed by atoms with E-state index < -0.39 is 0 Å². The van der Waals surface area contributed by atoms with Crippen LogP contribution in [-0.2, 0) is 13.0 Å². The van der Waals surface area contributed by atoms with Crippen molar-refractivity contribution in [3.63, 3.8) is 0 Å². The van der Waals surface area contributed by atoms with Gasteiger partial charge in [0.25, 0.3) is 5.91 Å². The summed E-state index contributed by atoms with van der Waals surface area (Å²) < 4.78 is 0. The third-order valence-corrected chi connectivity index (χ3v) is 7.45. The van der Waals surface area contributed by atoms with Crippen LogP contribution >= 0.6 is 11.3 Å². The first-order chi connectivity index (χ1) is 17.0. The molecule has 178 valence electrons. The molecule has 35 heavy (non-hydrogen) atoms. The standard InChI is InChI=1S/C26H26N6O2S/c1-31-13-11-21-23(16-31)35-25(29-21)30-24(33)19-5-2-4-18(14-19)22-6-3-12-32(22)26(34)28-20-9-7-17(15-27)8-10-20/h2,4-5,7-10,14,22H,3,6,11-13,16H2,1H3,(H,28,34)(H,29,30,33). The predicted octanol–water partition coefficient (Wildman–Crippen LogP) is 4.62. The molecule has 2 aromatic carbocycles. The summed E-state index contributed by atoms with van der Waals surface area (Å²) in [4.78, 5) is 35.9. The van der Waals surface area contributed by atoms with Crippen molar-refractivity contribution < 1.29 is 9.59 Å². The maximum Gasteiger partial charge on any atom is 0.322 e. The van der Waals surface area contributed by atoms with Crippen molar-refractivity contribution in [1.82, 2.24) is 14.8 Å². The Kier molecular flexibility index (Phi) is 6.49. The number of thiazole rings is 1. The van der Waals surface area contributed by atoms with Crippen LogP contribution < -0.4 is 10.6 Å². The van der Waals surface area contributed by atoms with Gasteiger partial charge < -0.3 is 15.1 Å². The smallest absolute Gasteiger partial charge is 0.317 e. The molecule has 3 heterocycles. The van der Waals surface area contributed by atoms with Crippen LogP contribution in [0.5, 0.6) is 0 Å². The average Bonchev–Trinajstić information content (AvgIpc) is 3.51. The second-order valence-corrected chi connectivity index (χ2v) is 10.0. The molecule has 2 aliphatic heterocycles. The van der Waals surface area contributed by atoms with Gasteiger partial charge in [0.05, 0.1) is 23.4 Å². The first-order valence-electron chi connectivity index (χ1n) is 11.7. The van der Waals surface area contributed by atoms with Gasteiger partial charge in [-0.05, 0) is 61.9 Å². The Morgan fingerprint density at radius 2 is 1.97 bits per heavy atom. The molecule has 1 unspecified atom stereocenters. The van der Waals surface area contributed by atoms with E-state index in [0.717, 1.165) is 43.6 Å². The van der Waals surface area contributed by atoms with Crippen molar-refractivity contribution >= 4 is 34.1 Å². The summed E-state index contributed by atoms with van der Waals surface area (Å²) in [6.07, 6.45) is 2.62. The Morgan fingerprint density at radius 1 is 1.14 bits per heavy atom. The largest absolute Gasteiger partial charge is 0.322 e. The minimum absolute atomic E-state index is 0.108. The molecular formula is C26H26N6O2S. The predicted molar refractivity (Wildman–Crippen MR) is 135 cm³/mol. The van der Waals surface area contributed by atoms with Crippen LogP contribution in [-0.4, -0.2) is 46.9 Å². The topological polar surface area (TPSA) is 101 Å². The number of aromatic nitrogens is 1. The number of urea groups is 1. The van der Waals surface area contributed by atoms with Crippen molar-refractivity contribution in [3.05, 3.63) is 75.8 Å². The summed E-state index contributed by atoms with van der Waals surface area (Å²) in [7, 11) is 2.09. The van der Waals surface area contributed by atoms with Gasteiger partial charge in [-0.25, -0.2) is 9.78 Å². The van der Waals surface area contributed by atoms with Crippen molar-refractivity contribution in [2.24, 2.45) is 0 Å². The molecule has 0 radical (unpaired) electrons. The number of hydrogen-bond acceptors (Lipinski definition) is 6. The van der Waals surface area contributed by atoms with Gasteiger partial charge in [0, 0.05) is 42.2 Å². The zero-order valence-electron chi connectivity index (χ0n) is 19.5. The number of fused-ring (bicyclic) bond motifs is 1. The highest BCUT2D eigenvalue weighted by Gasteiger charge is 2.30. The Morgan fingerprint density at radius 3 is 2.77 bits per heavy atom. The van der Waals surface area contributed by atoms with E-state index in [4.69, 9.17) is 5.26 Å². The lowest BCUT2D eigenvalue weighted by Crippen LogP contribution is -2.34. The van der Waals surface area contributed by atoms with E-state index in [1.807, 2.05) is 18.2 Å². The molecule has 1 atom stereocenters. The SMILES string of the molecule is CN1CCc2nc(NC(=O)c3cccc(C4CCCN4C(=O)Nc4ccc(C#N)cc4)c3)sc2C1. The molecule has 8 nitrogen and oxygen atoms in total. The Labute approximate surface area is 208 Å². The van der Waals surface area contributed by atoms with E-state index in [0.29, 0.717) is 28.5 Å². The highest BCUT2D eigenvalue weighted by atomic mass is 32.1. The van der Waals surface area contributed by atoms with Gasteiger partial charge in [0.15, 0.2) is 5.13 Å². The fraction of sp³-hybridized carbons (Fsp3) is 0.308. The summed E-state index contributed by atoms with van der Waals surface area (Å²) >= 11 is 1.54. The van der Waals surface area contributed by atoms with E-state index in [2.05, 4.69) is 33.6 Å². The third kappa shape index (κ3) is 5.04. The zero-order valence-corrected chi connectivity index (χ0v) is 20.3. The van der Waals surface area contributed by atoms with E-state index in [-0.39, 0.29) is 18.0 Å². The maximum absolute atomic E-state index is 13.0. The number of amides is 3. The maximum atomic E-state index is 13.0. The van der Waals surface area contributed by atoms with Crippen LogP contribution in [0.1, 0.15) is 50.9 Å². The molecule has 5 rings (SSSR count). The number of nitriles is 1. The second kappa shape index (κ2) is 9.86. The zero-order chi connectivity index (χ0) is 24.4. The van der Waals surface area contributed by atoms with Gasteiger partial charge >= 0.3 is 6.03 Å². The second-order valence-electron chi connectivity index (χ2n) is 8.93. The van der Waals surface area contributed by atoms with Crippen molar-refractivity contribution in [1.29, 1.82) is 5.26 Å². The number of rotatable bonds is 4. The molecule has 9 heteroatoms.